The topological polar surface area (TPSA) is 60.6 Å². The van der Waals surface area contributed by atoms with Gasteiger partial charge in [0.1, 0.15) is 11.4 Å². The summed E-state index contributed by atoms with van der Waals surface area (Å²) in [5, 5.41) is 4.15. The van der Waals surface area contributed by atoms with E-state index in [0.29, 0.717) is 12.2 Å². The van der Waals surface area contributed by atoms with E-state index in [0.717, 1.165) is 72.1 Å². The molecule has 32 heavy (non-hydrogen) atoms. The molecule has 2 heterocycles. The van der Waals surface area contributed by atoms with Crippen molar-refractivity contribution in [2.45, 2.75) is 23.1 Å². The number of aromatic nitrogens is 1. The minimum Gasteiger partial charge on any atom is -0.497 e. The van der Waals surface area contributed by atoms with Crippen molar-refractivity contribution in [1.29, 1.82) is 0 Å². The Morgan fingerprint density at radius 1 is 1.09 bits per heavy atom. The van der Waals surface area contributed by atoms with Crippen molar-refractivity contribution in [3.63, 3.8) is 0 Å². The van der Waals surface area contributed by atoms with Crippen molar-refractivity contribution >= 4 is 28.6 Å². The van der Waals surface area contributed by atoms with E-state index >= 15 is 0 Å². The summed E-state index contributed by atoms with van der Waals surface area (Å²) in [4.78, 5) is 23.5. The first kappa shape index (κ1) is 22.7. The monoisotopic (exact) mass is 452 g/mol. The Balaban J connectivity index is 1.42. The van der Waals surface area contributed by atoms with Crippen LogP contribution in [0.15, 0.2) is 58.3 Å². The lowest BCUT2D eigenvalue weighted by molar-refractivity contribution is 0.0941. The van der Waals surface area contributed by atoms with Gasteiger partial charge in [0.2, 0.25) is 0 Å². The number of methoxy groups -OCH3 is 1. The van der Waals surface area contributed by atoms with E-state index in [2.05, 4.69) is 39.2 Å². The maximum Gasteiger partial charge on any atom is 0.268 e. The second-order valence-corrected chi connectivity index (χ2v) is 9.12. The molecular formula is C25H32N4O2S. The van der Waals surface area contributed by atoms with Crippen LogP contribution in [0.3, 0.4) is 0 Å². The third-order valence-corrected chi connectivity index (χ3v) is 7.13. The second-order valence-electron chi connectivity index (χ2n) is 8.04. The third kappa shape index (κ3) is 5.46. The summed E-state index contributed by atoms with van der Waals surface area (Å²) in [6.07, 6.45) is 0.951. The number of hydrogen-bond donors (Lipinski definition) is 2. The van der Waals surface area contributed by atoms with Gasteiger partial charge in [-0.15, -0.1) is 0 Å². The Labute approximate surface area is 194 Å². The molecule has 6 nitrogen and oxygen atoms in total. The molecule has 7 heteroatoms. The van der Waals surface area contributed by atoms with E-state index in [4.69, 9.17) is 4.74 Å². The second kappa shape index (κ2) is 10.9. The molecule has 1 fully saturated rings. The highest BCUT2D eigenvalue weighted by molar-refractivity contribution is 7.99. The first-order chi connectivity index (χ1) is 15.7. The van der Waals surface area contributed by atoms with Crippen LogP contribution in [-0.4, -0.2) is 73.6 Å². The van der Waals surface area contributed by atoms with Gasteiger partial charge >= 0.3 is 0 Å². The van der Waals surface area contributed by atoms with Crippen LogP contribution in [0.1, 0.15) is 23.8 Å². The number of ether oxygens (including phenoxy) is 1. The molecule has 0 radical (unpaired) electrons. The maximum absolute atomic E-state index is 13.1. The molecule has 1 aromatic heterocycles. The van der Waals surface area contributed by atoms with Crippen LogP contribution in [0.4, 0.5) is 0 Å². The zero-order valence-corrected chi connectivity index (χ0v) is 19.7. The van der Waals surface area contributed by atoms with E-state index in [9.17, 15) is 4.79 Å². The molecule has 3 aromatic rings. The van der Waals surface area contributed by atoms with Crippen LogP contribution in [0.5, 0.6) is 5.75 Å². The molecule has 1 aliphatic heterocycles. The fourth-order valence-electron chi connectivity index (χ4n) is 4.07. The molecule has 4 rings (SSSR count). The highest BCUT2D eigenvalue weighted by Crippen LogP contribution is 2.37. The Kier molecular flexibility index (Phi) is 7.73. The molecule has 2 N–H and O–H groups in total. The number of benzene rings is 2. The number of rotatable bonds is 9. The molecule has 0 unspecified atom stereocenters. The molecular weight excluding hydrogens is 420 g/mol. The fraction of sp³-hybridized carbons (Fsp3) is 0.400. The number of fused-ring (bicyclic) bond motifs is 1. The molecule has 0 saturated carbocycles. The number of hydrogen-bond acceptors (Lipinski definition) is 5. The molecule has 0 atom stereocenters. The summed E-state index contributed by atoms with van der Waals surface area (Å²) in [7, 11) is 1.65. The van der Waals surface area contributed by atoms with Crippen LogP contribution >= 0.6 is 11.8 Å². The number of likely N-dealkylation sites (N-methyl/N-ethyl adjacent to an activating group) is 1. The summed E-state index contributed by atoms with van der Waals surface area (Å²) >= 11 is 1.61. The van der Waals surface area contributed by atoms with Crippen LogP contribution in [0.25, 0.3) is 10.9 Å². The molecule has 0 aliphatic carbocycles. The van der Waals surface area contributed by atoms with Crippen molar-refractivity contribution in [1.82, 2.24) is 20.1 Å². The van der Waals surface area contributed by atoms with Crippen molar-refractivity contribution in [2.24, 2.45) is 0 Å². The van der Waals surface area contributed by atoms with Crippen LogP contribution in [0, 0.1) is 0 Å². The van der Waals surface area contributed by atoms with Crippen molar-refractivity contribution < 1.29 is 9.53 Å². The number of nitrogens with one attached hydrogen (secondary N) is 2. The average Bonchev–Trinajstić information content (AvgIpc) is 3.20. The smallest absolute Gasteiger partial charge is 0.268 e. The summed E-state index contributed by atoms with van der Waals surface area (Å²) < 4.78 is 5.37. The fourth-order valence-corrected chi connectivity index (χ4v) is 5.13. The average molecular weight is 453 g/mol. The van der Waals surface area contributed by atoms with Crippen LogP contribution < -0.4 is 10.1 Å². The van der Waals surface area contributed by atoms with Crippen molar-refractivity contribution in [3.05, 3.63) is 54.2 Å². The molecule has 0 spiro atoms. The maximum atomic E-state index is 13.1. The number of nitrogens with zero attached hydrogens (tertiary/aromatic N) is 2. The highest BCUT2D eigenvalue weighted by Gasteiger charge is 2.20. The minimum absolute atomic E-state index is 0.0607. The lowest BCUT2D eigenvalue weighted by Crippen LogP contribution is -2.46. The van der Waals surface area contributed by atoms with Gasteiger partial charge in [-0.1, -0.05) is 36.9 Å². The number of H-pyrrole nitrogens is 1. The SMILES string of the molecule is CCN1CCN(CCCNC(=O)c2[nH]c3cc(OC)ccc3c2Sc2ccccc2)CC1. The quantitative estimate of drug-likeness (QED) is 0.479. The number of amides is 1. The van der Waals surface area contributed by atoms with Gasteiger partial charge in [0.05, 0.1) is 17.5 Å². The van der Waals surface area contributed by atoms with E-state index in [-0.39, 0.29) is 5.91 Å². The number of carbonyl (C=O) groups is 1. The van der Waals surface area contributed by atoms with Gasteiger partial charge in [0, 0.05) is 49.1 Å². The lowest BCUT2D eigenvalue weighted by atomic mass is 10.2. The zero-order valence-electron chi connectivity index (χ0n) is 18.9. The number of piperazine rings is 1. The van der Waals surface area contributed by atoms with Crippen molar-refractivity contribution in [2.75, 3.05) is 52.9 Å². The van der Waals surface area contributed by atoms with Gasteiger partial charge in [-0.05, 0) is 43.8 Å². The first-order valence-electron chi connectivity index (χ1n) is 11.3. The first-order valence-corrected chi connectivity index (χ1v) is 12.1. The molecule has 2 aromatic carbocycles. The van der Waals surface area contributed by atoms with Crippen molar-refractivity contribution in [3.8, 4) is 5.75 Å². The number of aromatic amines is 1. The molecule has 1 saturated heterocycles. The van der Waals surface area contributed by atoms with Gasteiger partial charge in [0.15, 0.2) is 0 Å². The van der Waals surface area contributed by atoms with E-state index in [1.165, 1.54) is 0 Å². The van der Waals surface area contributed by atoms with Gasteiger partial charge in [-0.25, -0.2) is 0 Å². The summed E-state index contributed by atoms with van der Waals surface area (Å²) in [6, 6.07) is 16.0. The highest BCUT2D eigenvalue weighted by atomic mass is 32.2. The van der Waals surface area contributed by atoms with E-state index < -0.39 is 0 Å². The zero-order chi connectivity index (χ0) is 22.3. The Bertz CT molecular complexity index is 1030. The van der Waals surface area contributed by atoms with E-state index in [1.807, 2.05) is 36.4 Å². The molecule has 1 aliphatic rings. The standard InChI is InChI=1S/C25H32N4O2S/c1-3-28-14-16-29(17-15-28)13-7-12-26-25(30)23-24(32-20-8-5-4-6-9-20)21-11-10-19(31-2)18-22(21)27-23/h4-6,8-11,18,27H,3,7,12-17H2,1-2H3,(H,26,30). The van der Waals surface area contributed by atoms with Gasteiger partial charge in [-0.2, -0.15) is 0 Å². The van der Waals surface area contributed by atoms with Gasteiger partial charge < -0.3 is 24.8 Å². The number of carbonyl (C=O) groups excluding carboxylic acids is 1. The Morgan fingerprint density at radius 3 is 2.56 bits per heavy atom. The van der Waals surface area contributed by atoms with Crippen LogP contribution in [0.2, 0.25) is 0 Å². The van der Waals surface area contributed by atoms with Crippen LogP contribution in [-0.2, 0) is 0 Å². The molecule has 1 amide bonds. The normalized spacial score (nSPS) is 15.2. The Hall–Kier alpha value is -2.48. The summed E-state index contributed by atoms with van der Waals surface area (Å²) in [5.74, 6) is 0.708. The largest absolute Gasteiger partial charge is 0.497 e. The predicted molar refractivity (Wildman–Crippen MR) is 131 cm³/mol. The summed E-state index contributed by atoms with van der Waals surface area (Å²) in [6.45, 7) is 9.55. The van der Waals surface area contributed by atoms with E-state index in [1.54, 1.807) is 18.9 Å². The third-order valence-electron chi connectivity index (χ3n) is 6.00. The molecule has 170 valence electrons. The summed E-state index contributed by atoms with van der Waals surface area (Å²) in [5.41, 5.74) is 1.51. The molecule has 0 bridgehead atoms. The Morgan fingerprint density at radius 2 is 1.84 bits per heavy atom. The predicted octanol–water partition coefficient (Wildman–Crippen LogP) is 4.09. The van der Waals surface area contributed by atoms with Gasteiger partial charge in [0.25, 0.3) is 5.91 Å². The van der Waals surface area contributed by atoms with Gasteiger partial charge in [-0.3, -0.25) is 4.79 Å². The minimum atomic E-state index is -0.0607. The lowest BCUT2D eigenvalue weighted by Gasteiger charge is -2.33.